The van der Waals surface area contributed by atoms with E-state index in [4.69, 9.17) is 4.74 Å². The molecule has 0 aliphatic carbocycles. The number of pyridine rings is 1. The third-order valence-corrected chi connectivity index (χ3v) is 6.38. The smallest absolute Gasteiger partial charge is 0.310 e. The van der Waals surface area contributed by atoms with Gasteiger partial charge in [0.25, 0.3) is 11.1 Å². The SMILES string of the molecule is Cn1c(=O)c(F)c(Nc2ccc(I)cc2F)c2c(=O)n(CC(O)COC(=O)[C@@H]3CCNC3)cnc21. The minimum atomic E-state index is -1.28. The molecule has 3 aromatic rings. The molecule has 0 spiro atoms. The molecule has 2 atom stereocenters. The van der Waals surface area contributed by atoms with Gasteiger partial charge < -0.3 is 20.5 Å². The van der Waals surface area contributed by atoms with Gasteiger partial charge in [-0.3, -0.25) is 23.5 Å². The number of aromatic nitrogens is 3. The molecule has 13 heteroatoms. The maximum atomic E-state index is 15.0. The predicted octanol–water partition coefficient (Wildman–Crippen LogP) is 1.24. The highest BCUT2D eigenvalue weighted by Crippen LogP contribution is 2.26. The lowest BCUT2D eigenvalue weighted by Gasteiger charge is -2.17. The van der Waals surface area contributed by atoms with Gasteiger partial charge in [-0.15, -0.1) is 0 Å². The number of aliphatic hydroxyl groups is 1. The zero-order chi connectivity index (χ0) is 25.3. The molecule has 1 unspecified atom stereocenters. The summed E-state index contributed by atoms with van der Waals surface area (Å²) in [6.07, 6.45) is 0.501. The van der Waals surface area contributed by atoms with E-state index in [0.717, 1.165) is 15.5 Å². The van der Waals surface area contributed by atoms with Crippen molar-refractivity contribution in [1.82, 2.24) is 19.4 Å². The second-order valence-corrected chi connectivity index (χ2v) is 9.42. The van der Waals surface area contributed by atoms with Crippen molar-refractivity contribution in [2.24, 2.45) is 13.0 Å². The zero-order valence-corrected chi connectivity index (χ0v) is 20.7. The van der Waals surface area contributed by atoms with E-state index in [1.165, 1.54) is 19.2 Å². The molecule has 2 aromatic heterocycles. The Balaban J connectivity index is 1.66. The number of nitrogens with zero attached hydrogens (tertiary/aromatic N) is 3. The van der Waals surface area contributed by atoms with Crippen LogP contribution >= 0.6 is 22.6 Å². The lowest BCUT2D eigenvalue weighted by Crippen LogP contribution is -2.33. The van der Waals surface area contributed by atoms with Crippen molar-refractivity contribution in [3.8, 4) is 0 Å². The van der Waals surface area contributed by atoms with Crippen molar-refractivity contribution >= 4 is 51.0 Å². The Morgan fingerprint density at radius 3 is 2.83 bits per heavy atom. The number of carbonyl (C=O) groups excluding carboxylic acids is 1. The summed E-state index contributed by atoms with van der Waals surface area (Å²) in [4.78, 5) is 41.8. The zero-order valence-electron chi connectivity index (χ0n) is 18.6. The van der Waals surface area contributed by atoms with Crippen LogP contribution in [0.3, 0.4) is 0 Å². The molecular formula is C22H22F2IN5O5. The van der Waals surface area contributed by atoms with Gasteiger partial charge in [0.05, 0.1) is 23.8 Å². The van der Waals surface area contributed by atoms with Gasteiger partial charge in [-0.05, 0) is 53.8 Å². The van der Waals surface area contributed by atoms with Crippen LogP contribution in [0.1, 0.15) is 6.42 Å². The number of nitrogens with one attached hydrogen (secondary N) is 2. The lowest BCUT2D eigenvalue weighted by molar-refractivity contribution is -0.151. The monoisotopic (exact) mass is 601 g/mol. The Bertz CT molecular complexity index is 1400. The maximum absolute atomic E-state index is 15.0. The fourth-order valence-corrected chi connectivity index (χ4v) is 4.27. The van der Waals surface area contributed by atoms with Crippen molar-refractivity contribution in [1.29, 1.82) is 0 Å². The van der Waals surface area contributed by atoms with Crippen LogP contribution in [0.15, 0.2) is 34.1 Å². The van der Waals surface area contributed by atoms with Crippen molar-refractivity contribution in [2.45, 2.75) is 19.1 Å². The Morgan fingerprint density at radius 1 is 1.37 bits per heavy atom. The minimum absolute atomic E-state index is 0.124. The molecule has 3 N–H and O–H groups in total. The number of rotatable bonds is 7. The summed E-state index contributed by atoms with van der Waals surface area (Å²) in [5.41, 5.74) is -2.61. The highest BCUT2D eigenvalue weighted by Gasteiger charge is 2.25. The largest absolute Gasteiger partial charge is 0.463 e. The number of fused-ring (bicyclic) bond motifs is 1. The van der Waals surface area contributed by atoms with Crippen molar-refractivity contribution in [3.63, 3.8) is 0 Å². The molecule has 186 valence electrons. The average Bonchev–Trinajstić information content (AvgIpc) is 3.37. The topological polar surface area (TPSA) is 127 Å². The van der Waals surface area contributed by atoms with Crippen LogP contribution < -0.4 is 21.8 Å². The van der Waals surface area contributed by atoms with Crippen molar-refractivity contribution in [2.75, 3.05) is 25.0 Å². The Morgan fingerprint density at radius 2 is 2.14 bits per heavy atom. The fourth-order valence-electron chi connectivity index (χ4n) is 3.82. The maximum Gasteiger partial charge on any atom is 0.310 e. The standard InChI is InChI=1S/C22H22F2IN5O5/c1-29-19-16(18(17(24)21(29)33)28-15-3-2-12(25)6-14(15)23)20(32)30(10-27-19)8-13(31)9-35-22(34)11-4-5-26-7-11/h2-3,6,10-11,13,26,28,31H,4-5,7-9H2,1H3/t11-,13?/m1/s1. The van der Waals surface area contributed by atoms with Gasteiger partial charge in [0.1, 0.15) is 30.2 Å². The number of aliphatic hydroxyl groups excluding tert-OH is 1. The van der Waals surface area contributed by atoms with Crippen LogP contribution in [-0.4, -0.2) is 51.0 Å². The number of benzene rings is 1. The fraction of sp³-hybridized carbons (Fsp3) is 0.364. The second kappa shape index (κ2) is 10.4. The number of esters is 1. The first kappa shape index (κ1) is 25.2. The first-order valence-corrected chi connectivity index (χ1v) is 11.8. The summed E-state index contributed by atoms with van der Waals surface area (Å²) in [5.74, 6) is -2.72. The van der Waals surface area contributed by atoms with Gasteiger partial charge in [-0.2, -0.15) is 4.39 Å². The molecule has 35 heavy (non-hydrogen) atoms. The van der Waals surface area contributed by atoms with Crippen LogP contribution in [0.2, 0.25) is 0 Å². The molecule has 1 saturated heterocycles. The highest BCUT2D eigenvalue weighted by atomic mass is 127. The third-order valence-electron chi connectivity index (χ3n) is 5.71. The van der Waals surface area contributed by atoms with Gasteiger partial charge in [-0.25, -0.2) is 9.37 Å². The van der Waals surface area contributed by atoms with Crippen LogP contribution in [0.5, 0.6) is 0 Å². The summed E-state index contributed by atoms with van der Waals surface area (Å²) in [6, 6.07) is 4.13. The van der Waals surface area contributed by atoms with E-state index in [-0.39, 0.29) is 35.8 Å². The number of anilines is 2. The number of hydrogen-bond acceptors (Lipinski definition) is 8. The Hall–Kier alpha value is -2.91. The molecule has 0 amide bonds. The normalized spacial score (nSPS) is 16.4. The van der Waals surface area contributed by atoms with Crippen LogP contribution in [0.25, 0.3) is 11.0 Å². The summed E-state index contributed by atoms with van der Waals surface area (Å²) >= 11 is 1.91. The van der Waals surface area contributed by atoms with Crippen LogP contribution in [-0.2, 0) is 23.1 Å². The second-order valence-electron chi connectivity index (χ2n) is 8.18. The summed E-state index contributed by atoms with van der Waals surface area (Å²) in [5, 5.41) is 15.6. The number of halogens is 3. The average molecular weight is 601 g/mol. The Labute approximate surface area is 211 Å². The molecule has 3 heterocycles. The molecule has 0 radical (unpaired) electrons. The molecular weight excluding hydrogens is 579 g/mol. The van der Waals surface area contributed by atoms with Crippen LogP contribution in [0, 0.1) is 21.1 Å². The van der Waals surface area contributed by atoms with Gasteiger partial charge in [-0.1, -0.05) is 0 Å². The third kappa shape index (κ3) is 5.21. The van der Waals surface area contributed by atoms with E-state index >= 15 is 4.39 Å². The highest BCUT2D eigenvalue weighted by molar-refractivity contribution is 14.1. The van der Waals surface area contributed by atoms with Crippen molar-refractivity contribution < 1.29 is 23.4 Å². The number of hydrogen-bond donors (Lipinski definition) is 3. The first-order chi connectivity index (χ1) is 16.7. The molecule has 10 nitrogen and oxygen atoms in total. The van der Waals surface area contributed by atoms with E-state index in [0.29, 0.717) is 23.1 Å². The van der Waals surface area contributed by atoms with E-state index in [9.17, 15) is 23.9 Å². The number of carbonyl (C=O) groups is 1. The predicted molar refractivity (Wildman–Crippen MR) is 132 cm³/mol. The molecule has 0 saturated carbocycles. The van der Waals surface area contributed by atoms with E-state index in [1.807, 2.05) is 22.6 Å². The Kier molecular flexibility index (Phi) is 7.47. The summed E-state index contributed by atoms with van der Waals surface area (Å²) in [7, 11) is 1.26. The van der Waals surface area contributed by atoms with Crippen LogP contribution in [0.4, 0.5) is 20.2 Å². The number of aryl methyl sites for hydroxylation is 1. The van der Waals surface area contributed by atoms with E-state index < -0.39 is 40.5 Å². The number of ether oxygens (including phenoxy) is 1. The molecule has 0 bridgehead atoms. The van der Waals surface area contributed by atoms with Gasteiger partial charge in [0, 0.05) is 17.2 Å². The quantitative estimate of drug-likeness (QED) is 0.273. The molecule has 1 aliphatic rings. The minimum Gasteiger partial charge on any atom is -0.463 e. The summed E-state index contributed by atoms with van der Waals surface area (Å²) < 4.78 is 37.1. The van der Waals surface area contributed by atoms with E-state index in [2.05, 4.69) is 15.6 Å². The van der Waals surface area contributed by atoms with Gasteiger partial charge in [0.2, 0.25) is 5.82 Å². The lowest BCUT2D eigenvalue weighted by atomic mass is 10.1. The van der Waals surface area contributed by atoms with E-state index in [1.54, 1.807) is 6.07 Å². The summed E-state index contributed by atoms with van der Waals surface area (Å²) in [6.45, 7) is 0.562. The molecule has 4 rings (SSSR count). The first-order valence-electron chi connectivity index (χ1n) is 10.7. The van der Waals surface area contributed by atoms with Gasteiger partial charge >= 0.3 is 5.97 Å². The van der Waals surface area contributed by atoms with Gasteiger partial charge in [0.15, 0.2) is 5.65 Å². The molecule has 1 aliphatic heterocycles. The molecule has 1 fully saturated rings. The van der Waals surface area contributed by atoms with Crippen molar-refractivity contribution in [3.05, 3.63) is 60.4 Å². The molecule has 1 aromatic carbocycles.